The Morgan fingerprint density at radius 2 is 1.65 bits per heavy atom. The topological polar surface area (TPSA) is 72.0 Å². The fourth-order valence-corrected chi connectivity index (χ4v) is 4.53. The molecular weight excluding hydrogens is 430 g/mol. The van der Waals surface area contributed by atoms with Gasteiger partial charge in [0.1, 0.15) is 0 Å². The molecule has 2 aromatic heterocycles. The lowest BCUT2D eigenvalue weighted by atomic mass is 9.87. The molecule has 0 aliphatic carbocycles. The maximum Gasteiger partial charge on any atom is 0.261 e. The third-order valence-corrected chi connectivity index (χ3v) is 6.73. The molecule has 5 nitrogen and oxygen atoms in total. The predicted octanol–water partition coefficient (Wildman–Crippen LogP) is 6.05. The number of hydrogen-bond donors (Lipinski definition) is 1. The molecule has 0 amide bonds. The standard InChI is InChI=1S/C24H22ClN3O2S/c1-24(2,3)19-7-9-20(10-8-19)31(29,30)28-22-14-18(15-27-23(22)25)16-6-11-21-17(13-16)5-4-12-26-21/h4-15,28H,1-3H3. The molecule has 4 aromatic rings. The molecule has 2 heterocycles. The van der Waals surface area contributed by atoms with E-state index >= 15 is 0 Å². The number of nitrogens with one attached hydrogen (secondary N) is 1. The number of fused-ring (bicyclic) bond motifs is 1. The van der Waals surface area contributed by atoms with Crippen LogP contribution in [-0.4, -0.2) is 18.4 Å². The first kappa shape index (κ1) is 21.3. The molecule has 0 aliphatic heterocycles. The minimum Gasteiger partial charge on any atom is -0.276 e. The van der Waals surface area contributed by atoms with Crippen LogP contribution in [0, 0.1) is 0 Å². The molecule has 0 saturated heterocycles. The summed E-state index contributed by atoms with van der Waals surface area (Å²) in [7, 11) is -3.82. The lowest BCUT2D eigenvalue weighted by molar-refractivity contribution is 0.587. The van der Waals surface area contributed by atoms with Crippen molar-refractivity contribution >= 4 is 38.2 Å². The second-order valence-electron chi connectivity index (χ2n) is 8.35. The summed E-state index contributed by atoms with van der Waals surface area (Å²) in [5.74, 6) is 0. The number of pyridine rings is 2. The van der Waals surface area contributed by atoms with E-state index in [9.17, 15) is 8.42 Å². The van der Waals surface area contributed by atoms with E-state index in [4.69, 9.17) is 11.6 Å². The van der Waals surface area contributed by atoms with Gasteiger partial charge < -0.3 is 0 Å². The summed E-state index contributed by atoms with van der Waals surface area (Å²) in [5.41, 5.74) is 3.74. The van der Waals surface area contributed by atoms with Gasteiger partial charge in [-0.15, -0.1) is 0 Å². The molecule has 0 aliphatic rings. The fourth-order valence-electron chi connectivity index (χ4n) is 3.27. The zero-order valence-electron chi connectivity index (χ0n) is 17.4. The molecule has 0 bridgehead atoms. The molecule has 31 heavy (non-hydrogen) atoms. The second kappa shape index (κ2) is 7.94. The smallest absolute Gasteiger partial charge is 0.261 e. The summed E-state index contributed by atoms with van der Waals surface area (Å²) in [5, 5.41) is 1.07. The Balaban J connectivity index is 1.66. The third kappa shape index (κ3) is 4.55. The van der Waals surface area contributed by atoms with Crippen LogP contribution < -0.4 is 4.72 Å². The monoisotopic (exact) mass is 451 g/mol. The van der Waals surface area contributed by atoms with Gasteiger partial charge in [0.2, 0.25) is 0 Å². The summed E-state index contributed by atoms with van der Waals surface area (Å²) >= 11 is 6.21. The van der Waals surface area contributed by atoms with Gasteiger partial charge in [-0.2, -0.15) is 0 Å². The van der Waals surface area contributed by atoms with Crippen LogP contribution >= 0.6 is 11.6 Å². The maximum absolute atomic E-state index is 12.9. The van der Waals surface area contributed by atoms with Gasteiger partial charge in [-0.05, 0) is 52.9 Å². The van der Waals surface area contributed by atoms with Gasteiger partial charge in [-0.1, -0.05) is 56.6 Å². The molecule has 158 valence electrons. The summed E-state index contributed by atoms with van der Waals surface area (Å²) in [6.07, 6.45) is 3.36. The molecule has 1 N–H and O–H groups in total. The number of halogens is 1. The lowest BCUT2D eigenvalue weighted by Crippen LogP contribution is -2.15. The van der Waals surface area contributed by atoms with Crippen molar-refractivity contribution in [3.8, 4) is 11.1 Å². The maximum atomic E-state index is 12.9. The van der Waals surface area contributed by atoms with Crippen LogP contribution in [0.4, 0.5) is 5.69 Å². The van der Waals surface area contributed by atoms with Crippen LogP contribution in [0.3, 0.4) is 0 Å². The minimum atomic E-state index is -3.82. The summed E-state index contributed by atoms with van der Waals surface area (Å²) in [6.45, 7) is 6.23. The molecule has 0 atom stereocenters. The number of aromatic nitrogens is 2. The first-order chi connectivity index (χ1) is 14.6. The average molecular weight is 452 g/mol. The molecule has 0 fully saturated rings. The van der Waals surface area contributed by atoms with Gasteiger partial charge in [0.05, 0.1) is 16.1 Å². The minimum absolute atomic E-state index is 0.0628. The van der Waals surface area contributed by atoms with Crippen molar-refractivity contribution in [2.75, 3.05) is 4.72 Å². The van der Waals surface area contributed by atoms with E-state index in [0.717, 1.165) is 27.6 Å². The highest BCUT2D eigenvalue weighted by atomic mass is 35.5. The zero-order valence-corrected chi connectivity index (χ0v) is 19.0. The summed E-state index contributed by atoms with van der Waals surface area (Å²) in [6, 6.07) is 18.2. The molecule has 2 aromatic carbocycles. The average Bonchev–Trinajstić information content (AvgIpc) is 2.74. The molecule has 7 heteroatoms. The van der Waals surface area contributed by atoms with Crippen molar-refractivity contribution in [3.05, 3.63) is 83.8 Å². The third-order valence-electron chi connectivity index (χ3n) is 5.05. The van der Waals surface area contributed by atoms with Crippen LogP contribution in [0.2, 0.25) is 5.15 Å². The number of rotatable bonds is 4. The van der Waals surface area contributed by atoms with Crippen molar-refractivity contribution in [2.45, 2.75) is 31.1 Å². The molecule has 0 saturated carbocycles. The van der Waals surface area contributed by atoms with E-state index in [0.29, 0.717) is 0 Å². The quantitative estimate of drug-likeness (QED) is 0.383. The molecular formula is C24H22ClN3O2S. The first-order valence-electron chi connectivity index (χ1n) is 9.77. The predicted molar refractivity (Wildman–Crippen MR) is 126 cm³/mol. The Labute approximate surface area is 187 Å². The highest BCUT2D eigenvalue weighted by molar-refractivity contribution is 7.92. The van der Waals surface area contributed by atoms with E-state index in [2.05, 4.69) is 35.5 Å². The number of benzene rings is 2. The number of anilines is 1. The Hall–Kier alpha value is -2.96. The summed E-state index contributed by atoms with van der Waals surface area (Å²) in [4.78, 5) is 8.67. The first-order valence-corrected chi connectivity index (χ1v) is 11.6. The Morgan fingerprint density at radius 3 is 2.35 bits per heavy atom. The zero-order chi connectivity index (χ0) is 22.2. The Kier molecular flexibility index (Phi) is 5.45. The van der Waals surface area contributed by atoms with Gasteiger partial charge >= 0.3 is 0 Å². The Morgan fingerprint density at radius 1 is 0.903 bits per heavy atom. The van der Waals surface area contributed by atoms with Crippen LogP contribution in [0.1, 0.15) is 26.3 Å². The van der Waals surface area contributed by atoms with E-state index in [-0.39, 0.29) is 21.2 Å². The van der Waals surface area contributed by atoms with Crippen LogP contribution in [0.25, 0.3) is 22.0 Å². The largest absolute Gasteiger partial charge is 0.276 e. The van der Waals surface area contributed by atoms with Crippen molar-refractivity contribution in [1.29, 1.82) is 0 Å². The molecule has 0 unspecified atom stereocenters. The second-order valence-corrected chi connectivity index (χ2v) is 10.4. The molecule has 4 rings (SSSR count). The van der Waals surface area contributed by atoms with E-state index < -0.39 is 10.0 Å². The van der Waals surface area contributed by atoms with E-state index in [1.807, 2.05) is 42.5 Å². The van der Waals surface area contributed by atoms with Gasteiger partial charge in [-0.3, -0.25) is 9.71 Å². The van der Waals surface area contributed by atoms with Gasteiger partial charge in [0.15, 0.2) is 5.15 Å². The number of hydrogen-bond acceptors (Lipinski definition) is 4. The van der Waals surface area contributed by atoms with Crippen molar-refractivity contribution < 1.29 is 8.42 Å². The molecule has 0 radical (unpaired) electrons. The van der Waals surface area contributed by atoms with Crippen LogP contribution in [-0.2, 0) is 15.4 Å². The number of sulfonamides is 1. The highest BCUT2D eigenvalue weighted by Crippen LogP contribution is 2.30. The number of nitrogens with zero attached hydrogens (tertiary/aromatic N) is 2. The van der Waals surface area contributed by atoms with Crippen molar-refractivity contribution in [2.24, 2.45) is 0 Å². The SMILES string of the molecule is CC(C)(C)c1ccc(S(=O)(=O)Nc2cc(-c3ccc4ncccc4c3)cnc2Cl)cc1. The van der Waals surface area contributed by atoms with Gasteiger partial charge in [0, 0.05) is 23.3 Å². The molecule has 0 spiro atoms. The Bertz CT molecular complexity index is 1360. The van der Waals surface area contributed by atoms with E-state index in [1.165, 1.54) is 0 Å². The van der Waals surface area contributed by atoms with Crippen molar-refractivity contribution in [3.63, 3.8) is 0 Å². The van der Waals surface area contributed by atoms with Gasteiger partial charge in [0.25, 0.3) is 10.0 Å². The van der Waals surface area contributed by atoms with Gasteiger partial charge in [-0.25, -0.2) is 13.4 Å². The lowest BCUT2D eigenvalue weighted by Gasteiger charge is -2.19. The van der Waals surface area contributed by atoms with E-state index in [1.54, 1.807) is 30.6 Å². The summed E-state index contributed by atoms with van der Waals surface area (Å²) < 4.78 is 28.4. The van der Waals surface area contributed by atoms with Crippen LogP contribution in [0.15, 0.2) is 78.0 Å². The highest BCUT2D eigenvalue weighted by Gasteiger charge is 2.19. The normalized spacial score (nSPS) is 12.1. The van der Waals surface area contributed by atoms with Crippen molar-refractivity contribution in [1.82, 2.24) is 9.97 Å². The fraction of sp³-hybridized carbons (Fsp3) is 0.167. The van der Waals surface area contributed by atoms with Crippen LogP contribution in [0.5, 0.6) is 0 Å².